The molecular weight excluding hydrogens is 718 g/mol. The number of anilines is 1. The van der Waals surface area contributed by atoms with Gasteiger partial charge in [-0.05, 0) is 91.3 Å². The summed E-state index contributed by atoms with van der Waals surface area (Å²) in [4.78, 5) is 30.0. The van der Waals surface area contributed by atoms with Crippen LogP contribution in [0.15, 0.2) is 59.1 Å². The average Bonchev–Trinajstić information content (AvgIpc) is 3.44. The van der Waals surface area contributed by atoms with Crippen LogP contribution in [0.3, 0.4) is 0 Å². The van der Waals surface area contributed by atoms with Crippen molar-refractivity contribution in [3.05, 3.63) is 82.0 Å². The molecule has 3 heterocycles. The van der Waals surface area contributed by atoms with Crippen LogP contribution in [-0.4, -0.2) is 84.8 Å². The molecule has 2 aliphatic heterocycles. The van der Waals surface area contributed by atoms with Crippen molar-refractivity contribution in [3.63, 3.8) is 0 Å². The molecule has 2 bridgehead atoms. The SMILES string of the molecule is COc1nn(C)cc1C(=O)NS1(=O)=NC(=O)c2ccc3c(c2)N(C[C@@H]2CC[C@H]2[C@@H](OC)[C@H](OC)/C=C\[C@H](C)C1)C[C@@]1(CCCc2cc(Cl)ccc21)CO3. The number of allylic oxidation sites excluding steroid dienone is 1. The summed E-state index contributed by atoms with van der Waals surface area (Å²) in [5.74, 6) is -0.655. The van der Waals surface area contributed by atoms with Crippen molar-refractivity contribution >= 4 is 39.0 Å². The molecule has 2 aromatic carbocycles. The highest BCUT2D eigenvalue weighted by Gasteiger charge is 2.45. The summed E-state index contributed by atoms with van der Waals surface area (Å²) >= 11 is 6.47. The third kappa shape index (κ3) is 7.45. The third-order valence-electron chi connectivity index (χ3n) is 11.3. The minimum Gasteiger partial charge on any atom is -0.490 e. The van der Waals surface area contributed by atoms with Gasteiger partial charge in [-0.3, -0.25) is 19.0 Å². The van der Waals surface area contributed by atoms with Crippen LogP contribution in [0.5, 0.6) is 11.6 Å². The predicted octanol–water partition coefficient (Wildman–Crippen LogP) is 5.77. The molecule has 7 rings (SSSR count). The molecule has 53 heavy (non-hydrogen) atoms. The summed E-state index contributed by atoms with van der Waals surface area (Å²) in [6.07, 6.45) is 9.64. The summed E-state index contributed by atoms with van der Waals surface area (Å²) in [6.45, 7) is 3.73. The van der Waals surface area contributed by atoms with Crippen molar-refractivity contribution in [3.8, 4) is 11.6 Å². The largest absolute Gasteiger partial charge is 0.490 e. The molecule has 2 amide bonds. The Balaban J connectivity index is 1.33. The lowest BCUT2D eigenvalue weighted by Crippen LogP contribution is -2.51. The lowest BCUT2D eigenvalue weighted by atomic mass is 9.67. The predicted molar refractivity (Wildman–Crippen MR) is 203 cm³/mol. The number of nitrogens with one attached hydrogen (secondary N) is 1. The van der Waals surface area contributed by atoms with Gasteiger partial charge in [-0.15, -0.1) is 9.46 Å². The van der Waals surface area contributed by atoms with Crippen molar-refractivity contribution in [2.45, 2.75) is 56.7 Å². The quantitative estimate of drug-likeness (QED) is 0.322. The first-order chi connectivity index (χ1) is 25.4. The molecule has 2 aliphatic carbocycles. The van der Waals surface area contributed by atoms with E-state index in [-0.39, 0.29) is 52.2 Å². The van der Waals surface area contributed by atoms with Crippen molar-refractivity contribution in [2.24, 2.45) is 29.2 Å². The molecule has 7 atom stereocenters. The molecule has 1 aromatic heterocycles. The van der Waals surface area contributed by atoms with Gasteiger partial charge in [0.05, 0.1) is 31.3 Å². The van der Waals surface area contributed by atoms with Gasteiger partial charge in [-0.2, -0.15) is 0 Å². The highest BCUT2D eigenvalue weighted by Crippen LogP contribution is 2.47. The van der Waals surface area contributed by atoms with Gasteiger partial charge in [-0.1, -0.05) is 36.7 Å². The number of benzene rings is 2. The topological polar surface area (TPSA) is 134 Å². The molecule has 1 saturated carbocycles. The van der Waals surface area contributed by atoms with E-state index in [2.05, 4.69) is 31.2 Å². The van der Waals surface area contributed by atoms with E-state index in [0.29, 0.717) is 24.8 Å². The molecule has 1 unspecified atom stereocenters. The van der Waals surface area contributed by atoms with Crippen LogP contribution in [0, 0.1) is 17.8 Å². The first-order valence-electron chi connectivity index (χ1n) is 18.2. The zero-order valence-electron chi connectivity index (χ0n) is 30.9. The zero-order chi connectivity index (χ0) is 37.5. The van der Waals surface area contributed by atoms with E-state index in [1.54, 1.807) is 33.4 Å². The highest BCUT2D eigenvalue weighted by atomic mass is 35.5. The van der Waals surface area contributed by atoms with Gasteiger partial charge in [0.2, 0.25) is 5.88 Å². The van der Waals surface area contributed by atoms with Gasteiger partial charge in [0.25, 0.3) is 11.8 Å². The Bertz CT molecular complexity index is 2040. The number of aromatic nitrogens is 2. The molecule has 1 N–H and O–H groups in total. The molecule has 1 spiro atoms. The number of halogens is 1. The molecular formula is C39H48ClN5O7S. The smallest absolute Gasteiger partial charge is 0.286 e. The Hall–Kier alpha value is -3.91. The van der Waals surface area contributed by atoms with E-state index in [1.807, 2.05) is 31.2 Å². The van der Waals surface area contributed by atoms with Gasteiger partial charge in [0.1, 0.15) is 27.3 Å². The number of ether oxygens (including phenoxy) is 4. The number of aryl methyl sites for hydroxylation is 2. The van der Waals surface area contributed by atoms with E-state index in [0.717, 1.165) is 49.4 Å². The standard InChI is InChI=1S/C39H48ClN5O7S/c1-24-8-14-34(49-3)35(50-4)29-12-9-27(29)19-45-22-39(16-6-7-25-17-28(40)11-13-31(25)39)23-52-33-15-10-26(18-32(33)45)36(46)42-53(48,21-24)43-37(47)30-20-44(2)41-38(30)51-5/h8,10-11,13-15,17-18,20,24,27,29,34-35H,6-7,9,12,16,19,21-23H2,1-5H3,(H,42,43,46,47,48)/b14-8-/t24-,27-,29+,34+,35+,39-,53?/m0/s1. The number of amides is 2. The molecule has 4 aliphatic rings. The Morgan fingerprint density at radius 1 is 1.11 bits per heavy atom. The molecule has 0 radical (unpaired) electrons. The number of fused-ring (bicyclic) bond motifs is 4. The number of carbonyl (C=O) groups excluding carboxylic acids is 2. The monoisotopic (exact) mass is 765 g/mol. The number of hydrogen-bond acceptors (Lipinski definition) is 9. The van der Waals surface area contributed by atoms with Gasteiger partial charge in [0, 0.05) is 56.6 Å². The Morgan fingerprint density at radius 2 is 1.94 bits per heavy atom. The van der Waals surface area contributed by atoms with Crippen molar-refractivity contribution in [1.29, 1.82) is 0 Å². The van der Waals surface area contributed by atoms with Crippen molar-refractivity contribution < 1.29 is 32.7 Å². The van der Waals surface area contributed by atoms with Crippen LogP contribution in [0.25, 0.3) is 0 Å². The number of carbonyl (C=O) groups is 2. The van der Waals surface area contributed by atoms with Crippen LogP contribution in [0.2, 0.25) is 5.02 Å². The third-order valence-corrected chi connectivity index (χ3v) is 13.5. The van der Waals surface area contributed by atoms with Gasteiger partial charge in [-0.25, -0.2) is 4.21 Å². The Kier molecular flexibility index (Phi) is 10.6. The maximum Gasteiger partial charge on any atom is 0.286 e. The average molecular weight is 766 g/mol. The summed E-state index contributed by atoms with van der Waals surface area (Å²) in [5, 5.41) is 4.87. The fourth-order valence-electron chi connectivity index (χ4n) is 8.63. The molecule has 1 fully saturated rings. The van der Waals surface area contributed by atoms with E-state index < -0.39 is 21.7 Å². The lowest BCUT2D eigenvalue weighted by Gasteiger charge is -2.47. The number of rotatable bonds is 5. The first kappa shape index (κ1) is 37.4. The summed E-state index contributed by atoms with van der Waals surface area (Å²) in [5.41, 5.74) is 3.30. The van der Waals surface area contributed by atoms with Gasteiger partial charge >= 0.3 is 0 Å². The van der Waals surface area contributed by atoms with Crippen LogP contribution in [-0.2, 0) is 38.3 Å². The second kappa shape index (κ2) is 15.1. The second-order valence-electron chi connectivity index (χ2n) is 14.9. The molecule has 284 valence electrons. The lowest BCUT2D eigenvalue weighted by molar-refractivity contribution is -0.0827. The minimum atomic E-state index is -3.68. The van der Waals surface area contributed by atoms with Crippen molar-refractivity contribution in [2.75, 3.05) is 51.7 Å². The molecule has 12 nitrogen and oxygen atoms in total. The maximum absolute atomic E-state index is 14.7. The van der Waals surface area contributed by atoms with E-state index >= 15 is 0 Å². The Labute approximate surface area is 316 Å². The van der Waals surface area contributed by atoms with Gasteiger partial charge in [0.15, 0.2) is 0 Å². The Morgan fingerprint density at radius 3 is 2.68 bits per heavy atom. The number of hydrogen-bond donors (Lipinski definition) is 1. The minimum absolute atomic E-state index is 0.0654. The summed E-state index contributed by atoms with van der Waals surface area (Å²) < 4.78 is 47.0. The van der Waals surface area contributed by atoms with Crippen LogP contribution < -0.4 is 19.1 Å². The van der Waals surface area contributed by atoms with E-state index in [4.69, 9.17) is 30.5 Å². The second-order valence-corrected chi connectivity index (χ2v) is 17.3. The van der Waals surface area contributed by atoms with Crippen LogP contribution >= 0.6 is 11.6 Å². The zero-order valence-corrected chi connectivity index (χ0v) is 32.5. The van der Waals surface area contributed by atoms with Crippen LogP contribution in [0.4, 0.5) is 5.69 Å². The number of methoxy groups -OCH3 is 3. The first-order valence-corrected chi connectivity index (χ1v) is 20.2. The fraction of sp³-hybridized carbons (Fsp3) is 0.513. The van der Waals surface area contributed by atoms with Crippen LogP contribution in [0.1, 0.15) is 64.4 Å². The van der Waals surface area contributed by atoms with Gasteiger partial charge < -0.3 is 23.8 Å². The van der Waals surface area contributed by atoms with E-state index in [1.165, 1.54) is 29.1 Å². The summed E-state index contributed by atoms with van der Waals surface area (Å²) in [6, 6.07) is 11.4. The van der Waals surface area contributed by atoms with Crippen molar-refractivity contribution in [1.82, 2.24) is 14.5 Å². The normalized spacial score (nSPS) is 30.5. The molecule has 14 heteroatoms. The molecule has 3 aromatic rings. The summed E-state index contributed by atoms with van der Waals surface area (Å²) in [7, 11) is 2.75. The molecule has 0 saturated heterocycles. The highest BCUT2D eigenvalue weighted by molar-refractivity contribution is 7.92. The number of nitrogens with zero attached hydrogens (tertiary/aromatic N) is 4. The maximum atomic E-state index is 14.7. The van der Waals surface area contributed by atoms with E-state index in [9.17, 15) is 13.8 Å². The fourth-order valence-corrected chi connectivity index (χ4v) is 10.6.